The maximum atomic E-state index is 15.6. The van der Waals surface area contributed by atoms with Gasteiger partial charge in [0.05, 0.1) is 17.8 Å². The fraction of sp³-hybridized carbons (Fsp3) is 0.357. The molecule has 330 valence electrons. The van der Waals surface area contributed by atoms with Crippen LogP contribution in [-0.4, -0.2) is 145 Å². The maximum absolute atomic E-state index is 15.6. The van der Waals surface area contributed by atoms with Crippen LogP contribution in [0.5, 0.6) is 0 Å². The highest BCUT2D eigenvalue weighted by molar-refractivity contribution is 7.90. The van der Waals surface area contributed by atoms with E-state index in [1.54, 1.807) is 31.6 Å². The molecule has 3 aromatic heterocycles. The molecule has 63 heavy (non-hydrogen) atoms. The molecule has 0 saturated carbocycles. The second-order valence-corrected chi connectivity index (χ2v) is 17.3. The number of aromatic amines is 1. The van der Waals surface area contributed by atoms with Crippen LogP contribution in [0.3, 0.4) is 0 Å². The molecule has 0 radical (unpaired) electrons. The number of halogens is 2. The minimum atomic E-state index is -4.15. The number of carbonyl (C=O) groups excluding carboxylic acids is 4. The second kappa shape index (κ2) is 18.0. The molecule has 3 fully saturated rings. The molecule has 0 bridgehead atoms. The highest BCUT2D eigenvalue weighted by Gasteiger charge is 2.30. The van der Waals surface area contributed by atoms with Gasteiger partial charge in [0.25, 0.3) is 0 Å². The van der Waals surface area contributed by atoms with Crippen LogP contribution in [0.1, 0.15) is 35.7 Å². The molecule has 8 rings (SSSR count). The number of hydrogen-bond donors (Lipinski definition) is 4. The van der Waals surface area contributed by atoms with Crippen LogP contribution in [0, 0.1) is 11.6 Å². The Morgan fingerprint density at radius 3 is 2.25 bits per heavy atom. The average Bonchev–Trinajstić information content (AvgIpc) is 3.72. The highest BCUT2D eigenvalue weighted by atomic mass is 32.2. The Bertz CT molecular complexity index is 2650. The minimum Gasteiger partial charge on any atom is -0.374 e. The number of imide groups is 1. The molecule has 3 aliphatic heterocycles. The van der Waals surface area contributed by atoms with Gasteiger partial charge in [0.15, 0.2) is 5.82 Å². The number of amides is 3. The molecule has 1 unspecified atom stereocenters. The number of benzene rings is 2. The molecule has 18 nitrogen and oxygen atoms in total. The molecule has 1 atom stereocenters. The van der Waals surface area contributed by atoms with Gasteiger partial charge in [-0.1, -0.05) is 6.92 Å². The number of ketones is 1. The Hall–Kier alpha value is -6.58. The van der Waals surface area contributed by atoms with Gasteiger partial charge in [0.1, 0.15) is 17.5 Å². The highest BCUT2D eigenvalue weighted by Crippen LogP contribution is 2.30. The number of H-pyrrole nitrogens is 1. The first-order valence-electron chi connectivity index (χ1n) is 20.5. The lowest BCUT2D eigenvalue weighted by Crippen LogP contribution is -2.54. The van der Waals surface area contributed by atoms with Crippen molar-refractivity contribution in [2.24, 2.45) is 0 Å². The van der Waals surface area contributed by atoms with Gasteiger partial charge in [0.2, 0.25) is 29.5 Å². The lowest BCUT2D eigenvalue weighted by Gasteiger charge is -2.38. The van der Waals surface area contributed by atoms with Gasteiger partial charge in [-0.3, -0.25) is 34.1 Å². The van der Waals surface area contributed by atoms with Gasteiger partial charge in [-0.15, -0.1) is 0 Å². The topological polar surface area (TPSA) is 209 Å². The average molecular weight is 885 g/mol. The summed E-state index contributed by atoms with van der Waals surface area (Å²) in [5.74, 6) is -3.51. The van der Waals surface area contributed by atoms with Crippen molar-refractivity contribution in [3.63, 3.8) is 0 Å². The Balaban J connectivity index is 0.834. The Kier molecular flexibility index (Phi) is 12.3. The molecule has 3 amide bonds. The predicted octanol–water partition coefficient (Wildman–Crippen LogP) is 2.83. The number of pyridine rings is 1. The van der Waals surface area contributed by atoms with Crippen LogP contribution in [0.2, 0.25) is 0 Å². The molecule has 4 N–H and O–H groups in total. The van der Waals surface area contributed by atoms with E-state index < -0.39 is 44.9 Å². The summed E-state index contributed by atoms with van der Waals surface area (Å²) in [6.45, 7) is 7.13. The van der Waals surface area contributed by atoms with Crippen LogP contribution < -0.4 is 25.2 Å². The number of nitrogens with one attached hydrogen (secondary N) is 4. The summed E-state index contributed by atoms with van der Waals surface area (Å²) in [6, 6.07) is 10.8. The van der Waals surface area contributed by atoms with Gasteiger partial charge >= 0.3 is 10.2 Å². The van der Waals surface area contributed by atoms with Crippen LogP contribution in [0.15, 0.2) is 67.3 Å². The normalized spacial score (nSPS) is 17.6. The van der Waals surface area contributed by atoms with Crippen molar-refractivity contribution in [3.05, 3.63) is 90.0 Å². The number of fused-ring (bicyclic) bond motifs is 1. The van der Waals surface area contributed by atoms with E-state index in [1.807, 2.05) is 34.1 Å². The molecule has 3 saturated heterocycles. The van der Waals surface area contributed by atoms with Crippen molar-refractivity contribution in [2.45, 2.75) is 25.8 Å². The van der Waals surface area contributed by atoms with Gasteiger partial charge in [-0.25, -0.2) is 23.7 Å². The van der Waals surface area contributed by atoms with E-state index in [2.05, 4.69) is 45.1 Å². The summed E-state index contributed by atoms with van der Waals surface area (Å²) in [5, 5.41) is 5.85. The van der Waals surface area contributed by atoms with E-state index in [0.29, 0.717) is 68.3 Å². The smallest absolute Gasteiger partial charge is 0.301 e. The van der Waals surface area contributed by atoms with E-state index in [0.717, 1.165) is 54.0 Å². The molecule has 6 heterocycles. The van der Waals surface area contributed by atoms with Crippen molar-refractivity contribution < 1.29 is 36.4 Å². The van der Waals surface area contributed by atoms with Gasteiger partial charge in [-0.05, 0) is 48.9 Å². The number of nitrogens with zero attached hydrogens (tertiary/aromatic N) is 8. The molecule has 21 heteroatoms. The fourth-order valence-electron chi connectivity index (χ4n) is 7.76. The number of rotatable bonds is 13. The van der Waals surface area contributed by atoms with E-state index in [4.69, 9.17) is 0 Å². The number of aromatic nitrogens is 4. The molecular formula is C42H46F2N12O6S. The first kappa shape index (κ1) is 43.1. The molecule has 0 spiro atoms. The molecular weight excluding hydrogens is 839 g/mol. The SMILES string of the molecule is CCN(C)S(=O)(=O)Nc1ccc(F)c(C(=O)c2c[nH]c3ncc(-c4cnc(N5CCN(C(=O)CN6CCN(c7ccc(NC8CCC(=O)NC8=O)cc7)CC6)CC5)nc4)cc23)c1F. The van der Waals surface area contributed by atoms with E-state index in [-0.39, 0.29) is 35.2 Å². The quantitative estimate of drug-likeness (QED) is 0.0993. The van der Waals surface area contributed by atoms with Crippen molar-refractivity contribution in [2.75, 3.05) is 92.3 Å². The monoisotopic (exact) mass is 884 g/mol. The summed E-state index contributed by atoms with van der Waals surface area (Å²) in [4.78, 5) is 75.2. The zero-order valence-electron chi connectivity index (χ0n) is 34.6. The van der Waals surface area contributed by atoms with E-state index in [9.17, 15) is 27.6 Å². The van der Waals surface area contributed by atoms with Crippen molar-refractivity contribution in [3.8, 4) is 11.1 Å². The van der Waals surface area contributed by atoms with Crippen molar-refractivity contribution >= 4 is 67.8 Å². The number of carbonyl (C=O) groups is 4. The first-order valence-corrected chi connectivity index (χ1v) is 22.0. The lowest BCUT2D eigenvalue weighted by atomic mass is 10.0. The summed E-state index contributed by atoms with van der Waals surface area (Å²) in [7, 11) is -2.86. The van der Waals surface area contributed by atoms with Crippen LogP contribution in [-0.2, 0) is 24.6 Å². The molecule has 5 aromatic rings. The third-order valence-corrected chi connectivity index (χ3v) is 13.2. The number of hydrogen-bond acceptors (Lipinski definition) is 13. The van der Waals surface area contributed by atoms with Gasteiger partial charge < -0.3 is 25.0 Å². The third kappa shape index (κ3) is 9.30. The summed E-state index contributed by atoms with van der Waals surface area (Å²) in [5.41, 5.74) is 1.72. The minimum absolute atomic E-state index is 0.0661. The summed E-state index contributed by atoms with van der Waals surface area (Å²) < 4.78 is 58.7. The molecule has 0 aliphatic carbocycles. The Morgan fingerprint density at radius 1 is 0.889 bits per heavy atom. The van der Waals surface area contributed by atoms with Gasteiger partial charge in [0, 0.05) is 131 Å². The summed E-state index contributed by atoms with van der Waals surface area (Å²) >= 11 is 0. The lowest BCUT2D eigenvalue weighted by molar-refractivity contribution is -0.134. The Labute approximate surface area is 361 Å². The maximum Gasteiger partial charge on any atom is 0.301 e. The molecule has 2 aromatic carbocycles. The van der Waals surface area contributed by atoms with Crippen molar-refractivity contribution in [1.82, 2.24) is 39.4 Å². The number of anilines is 4. The van der Waals surface area contributed by atoms with E-state index in [1.165, 1.54) is 13.2 Å². The largest absolute Gasteiger partial charge is 0.374 e. The molecule has 3 aliphatic rings. The van der Waals surface area contributed by atoms with Gasteiger partial charge in [-0.2, -0.15) is 12.7 Å². The van der Waals surface area contributed by atoms with Crippen LogP contribution in [0.4, 0.5) is 31.8 Å². The second-order valence-electron chi connectivity index (χ2n) is 15.6. The zero-order chi connectivity index (χ0) is 44.4. The zero-order valence-corrected chi connectivity index (χ0v) is 35.4. The van der Waals surface area contributed by atoms with Crippen molar-refractivity contribution in [1.29, 1.82) is 0 Å². The first-order chi connectivity index (χ1) is 30.3. The Morgan fingerprint density at radius 2 is 1.57 bits per heavy atom. The number of piperazine rings is 2. The van der Waals surface area contributed by atoms with Crippen LogP contribution in [0.25, 0.3) is 22.2 Å². The van der Waals surface area contributed by atoms with Crippen LogP contribution >= 0.6 is 0 Å². The fourth-order valence-corrected chi connectivity index (χ4v) is 8.69. The van der Waals surface area contributed by atoms with E-state index >= 15 is 8.78 Å². The standard InChI is InChI=1S/C42H46F2N12O6S/c1-3-52(2)63(61,62)51-33-9-8-32(43)37(38(33)44)39(59)31-24-46-40-30(31)20-26(21-45-40)27-22-47-42(48-23-27)56-18-16-55(17-19-56)36(58)25-53-12-14-54(15-13-53)29-6-4-28(5-7-29)49-34-10-11-35(57)50-41(34)60/h4-9,20-24,34,49,51H,3,10-19,25H2,1-2H3,(H,45,46)(H,50,57,60). The predicted molar refractivity (Wildman–Crippen MR) is 231 cm³/mol. The summed E-state index contributed by atoms with van der Waals surface area (Å²) in [6.07, 6.45) is 6.85. The third-order valence-electron chi connectivity index (χ3n) is 11.6. The number of piperidine rings is 1.